The zero-order chi connectivity index (χ0) is 11.4. The third-order valence-corrected chi connectivity index (χ3v) is 3.78. The third-order valence-electron chi connectivity index (χ3n) is 2.53. The molecular weight excluding hydrogens is 295 g/mol. The van der Waals surface area contributed by atoms with Crippen LogP contribution in [-0.4, -0.2) is 3.92 Å². The van der Waals surface area contributed by atoms with Crippen molar-refractivity contribution in [3.8, 4) is 0 Å². The van der Waals surface area contributed by atoms with Gasteiger partial charge < -0.3 is 0 Å². The molecule has 0 bridgehead atoms. The average Bonchev–Trinajstić information content (AvgIpc) is 2.23. The maximum absolute atomic E-state index is 3.66. The Kier molecular flexibility index (Phi) is 12.5. The lowest BCUT2D eigenvalue weighted by Gasteiger charge is -2.08. The van der Waals surface area contributed by atoms with Crippen LogP contribution >= 0.6 is 22.6 Å². The monoisotopic (exact) mass is 320 g/mol. The number of rotatable bonds is 10. The maximum Gasteiger partial charge on any atom is 0.0110 e. The predicted molar refractivity (Wildman–Crippen MR) is 79.8 cm³/mol. The molecule has 88 valence electrons. The first kappa shape index (κ1) is 15.2. The second-order valence-corrected chi connectivity index (χ2v) is 5.80. The predicted octanol–water partition coefficient (Wildman–Crippen LogP) is 5.67. The van der Waals surface area contributed by atoms with Gasteiger partial charge in [-0.05, 0) is 25.7 Å². The summed E-state index contributed by atoms with van der Waals surface area (Å²) < 4.78 is 0.900. The molecule has 0 saturated heterocycles. The van der Waals surface area contributed by atoms with Gasteiger partial charge in [-0.2, -0.15) is 0 Å². The Bertz CT molecular complexity index is 161. The van der Waals surface area contributed by atoms with Crippen molar-refractivity contribution >= 4 is 22.6 Å². The SMILES string of the molecule is C=CC=CCCCCC(I)CCCCC. The van der Waals surface area contributed by atoms with Gasteiger partial charge in [0.25, 0.3) is 0 Å². The summed E-state index contributed by atoms with van der Waals surface area (Å²) in [5.74, 6) is 0. The first-order valence-corrected chi connectivity index (χ1v) is 7.47. The van der Waals surface area contributed by atoms with Crippen LogP contribution in [0.4, 0.5) is 0 Å². The van der Waals surface area contributed by atoms with Gasteiger partial charge in [0.15, 0.2) is 0 Å². The number of hydrogen-bond acceptors (Lipinski definition) is 0. The van der Waals surface area contributed by atoms with E-state index in [0.29, 0.717) is 0 Å². The summed E-state index contributed by atoms with van der Waals surface area (Å²) in [6.07, 6.45) is 17.0. The highest BCUT2D eigenvalue weighted by molar-refractivity contribution is 14.1. The molecule has 1 atom stereocenters. The van der Waals surface area contributed by atoms with Crippen LogP contribution in [0, 0.1) is 0 Å². The van der Waals surface area contributed by atoms with Gasteiger partial charge in [0.05, 0.1) is 0 Å². The molecule has 0 nitrogen and oxygen atoms in total. The van der Waals surface area contributed by atoms with Crippen LogP contribution in [0.5, 0.6) is 0 Å². The van der Waals surface area contributed by atoms with Crippen molar-refractivity contribution in [2.75, 3.05) is 0 Å². The van der Waals surface area contributed by atoms with E-state index < -0.39 is 0 Å². The molecule has 0 aliphatic heterocycles. The summed E-state index contributed by atoms with van der Waals surface area (Å²) in [6, 6.07) is 0. The van der Waals surface area contributed by atoms with E-state index in [2.05, 4.69) is 42.2 Å². The van der Waals surface area contributed by atoms with Crippen LogP contribution in [0.1, 0.15) is 58.3 Å². The molecule has 15 heavy (non-hydrogen) atoms. The van der Waals surface area contributed by atoms with E-state index in [-0.39, 0.29) is 0 Å². The summed E-state index contributed by atoms with van der Waals surface area (Å²) in [7, 11) is 0. The molecule has 0 aromatic heterocycles. The molecule has 0 radical (unpaired) electrons. The smallest absolute Gasteiger partial charge is 0.0110 e. The number of alkyl halides is 1. The van der Waals surface area contributed by atoms with Crippen molar-refractivity contribution < 1.29 is 0 Å². The molecule has 0 aliphatic rings. The summed E-state index contributed by atoms with van der Waals surface area (Å²) in [6.45, 7) is 5.93. The van der Waals surface area contributed by atoms with Crippen LogP contribution in [0.15, 0.2) is 24.8 Å². The zero-order valence-electron chi connectivity index (χ0n) is 10.1. The second-order valence-electron chi connectivity index (χ2n) is 4.04. The van der Waals surface area contributed by atoms with E-state index in [0.717, 1.165) is 3.92 Å². The van der Waals surface area contributed by atoms with E-state index in [4.69, 9.17) is 0 Å². The zero-order valence-corrected chi connectivity index (χ0v) is 12.2. The van der Waals surface area contributed by atoms with Gasteiger partial charge in [0.2, 0.25) is 0 Å². The van der Waals surface area contributed by atoms with Crippen molar-refractivity contribution in [3.05, 3.63) is 24.8 Å². The van der Waals surface area contributed by atoms with Gasteiger partial charge in [0.1, 0.15) is 0 Å². The molecule has 0 amide bonds. The van der Waals surface area contributed by atoms with E-state index >= 15 is 0 Å². The van der Waals surface area contributed by atoms with E-state index in [1.54, 1.807) is 0 Å². The first-order chi connectivity index (χ1) is 7.31. The van der Waals surface area contributed by atoms with Crippen LogP contribution in [0.25, 0.3) is 0 Å². The Morgan fingerprint density at radius 1 is 1.13 bits per heavy atom. The molecule has 0 saturated carbocycles. The first-order valence-electron chi connectivity index (χ1n) is 6.22. The normalized spacial score (nSPS) is 13.2. The highest BCUT2D eigenvalue weighted by Crippen LogP contribution is 2.18. The third kappa shape index (κ3) is 12.1. The van der Waals surface area contributed by atoms with Crippen molar-refractivity contribution in [2.24, 2.45) is 0 Å². The quantitative estimate of drug-likeness (QED) is 0.210. The molecule has 0 aliphatic carbocycles. The lowest BCUT2D eigenvalue weighted by atomic mass is 10.1. The number of unbranched alkanes of at least 4 members (excludes halogenated alkanes) is 4. The highest BCUT2D eigenvalue weighted by Gasteiger charge is 2.02. The number of hydrogen-bond donors (Lipinski definition) is 0. The van der Waals surface area contributed by atoms with E-state index in [1.165, 1.54) is 51.4 Å². The molecule has 0 aromatic rings. The van der Waals surface area contributed by atoms with E-state index in [9.17, 15) is 0 Å². The molecule has 0 fully saturated rings. The Labute approximate surface area is 109 Å². The fourth-order valence-electron chi connectivity index (χ4n) is 1.58. The van der Waals surface area contributed by atoms with Crippen molar-refractivity contribution in [2.45, 2.75) is 62.2 Å². The summed E-state index contributed by atoms with van der Waals surface area (Å²) >= 11 is 2.62. The molecule has 0 N–H and O–H groups in total. The Hall–Kier alpha value is 0.210. The Balaban J connectivity index is 3.19. The summed E-state index contributed by atoms with van der Waals surface area (Å²) in [4.78, 5) is 0. The van der Waals surface area contributed by atoms with Crippen molar-refractivity contribution in [1.29, 1.82) is 0 Å². The number of halogens is 1. The average molecular weight is 320 g/mol. The van der Waals surface area contributed by atoms with Gasteiger partial charge in [-0.25, -0.2) is 0 Å². The highest BCUT2D eigenvalue weighted by atomic mass is 127. The molecular formula is C14H25I. The van der Waals surface area contributed by atoms with Crippen molar-refractivity contribution in [1.82, 2.24) is 0 Å². The minimum Gasteiger partial charge on any atom is -0.0991 e. The van der Waals surface area contributed by atoms with E-state index in [1.807, 2.05) is 12.2 Å². The maximum atomic E-state index is 3.66. The molecule has 1 heteroatoms. The second kappa shape index (κ2) is 12.3. The van der Waals surface area contributed by atoms with Crippen LogP contribution in [0.3, 0.4) is 0 Å². The standard InChI is InChI=1S/C14H25I/c1-3-5-7-8-9-11-13-14(15)12-10-6-4-2/h3,5,7,14H,1,4,6,8-13H2,2H3. The van der Waals surface area contributed by atoms with Gasteiger partial charge in [0, 0.05) is 3.92 Å². The van der Waals surface area contributed by atoms with Crippen LogP contribution in [-0.2, 0) is 0 Å². The molecule has 0 rings (SSSR count). The van der Waals surface area contributed by atoms with Crippen molar-refractivity contribution in [3.63, 3.8) is 0 Å². The van der Waals surface area contributed by atoms with Gasteiger partial charge in [-0.1, -0.05) is 80.0 Å². The van der Waals surface area contributed by atoms with Crippen LogP contribution < -0.4 is 0 Å². The molecule has 0 spiro atoms. The topological polar surface area (TPSA) is 0 Å². The van der Waals surface area contributed by atoms with Gasteiger partial charge in [-0.3, -0.25) is 0 Å². The molecule has 1 unspecified atom stereocenters. The molecule has 0 aromatic carbocycles. The lowest BCUT2D eigenvalue weighted by Crippen LogP contribution is -1.97. The minimum atomic E-state index is 0.900. The van der Waals surface area contributed by atoms with Gasteiger partial charge in [-0.15, -0.1) is 0 Å². The minimum absolute atomic E-state index is 0.900. The lowest BCUT2D eigenvalue weighted by molar-refractivity contribution is 0.602. The summed E-state index contributed by atoms with van der Waals surface area (Å²) in [5, 5.41) is 0. The number of allylic oxidation sites excluding steroid dienone is 3. The Morgan fingerprint density at radius 2 is 1.80 bits per heavy atom. The van der Waals surface area contributed by atoms with Crippen LogP contribution in [0.2, 0.25) is 0 Å². The molecule has 0 heterocycles. The Morgan fingerprint density at radius 3 is 2.40 bits per heavy atom. The fraction of sp³-hybridized carbons (Fsp3) is 0.714. The van der Waals surface area contributed by atoms with Gasteiger partial charge >= 0.3 is 0 Å². The fourth-order valence-corrected chi connectivity index (χ4v) is 2.46. The largest absolute Gasteiger partial charge is 0.0991 e. The summed E-state index contributed by atoms with van der Waals surface area (Å²) in [5.41, 5.74) is 0.